The summed E-state index contributed by atoms with van der Waals surface area (Å²) in [5, 5.41) is 8.10. The molecule has 1 aromatic heterocycles. The van der Waals surface area contributed by atoms with Gasteiger partial charge in [0.15, 0.2) is 0 Å². The Balaban J connectivity index is 2.39. The molecule has 0 fully saturated rings. The zero-order valence-corrected chi connectivity index (χ0v) is 15.6. The monoisotopic (exact) mass is 413 g/mol. The van der Waals surface area contributed by atoms with Crippen molar-refractivity contribution in [2.75, 3.05) is 6.54 Å². The van der Waals surface area contributed by atoms with Crippen LogP contribution in [0.3, 0.4) is 0 Å². The molecule has 3 nitrogen and oxygen atoms in total. The van der Waals surface area contributed by atoms with Crippen LogP contribution >= 0.6 is 31.9 Å². The molecule has 1 atom stereocenters. The van der Waals surface area contributed by atoms with Crippen molar-refractivity contribution in [3.63, 3.8) is 0 Å². The Kier molecular flexibility index (Phi) is 6.45. The summed E-state index contributed by atoms with van der Waals surface area (Å²) in [6, 6.07) is 8.60. The molecule has 2 aromatic rings. The van der Waals surface area contributed by atoms with E-state index >= 15 is 0 Å². The summed E-state index contributed by atoms with van der Waals surface area (Å²) < 4.78 is 4.28. The quantitative estimate of drug-likeness (QED) is 0.697. The number of nitrogens with zero attached hydrogens (tertiary/aromatic N) is 2. The van der Waals surface area contributed by atoms with Crippen molar-refractivity contribution in [3.8, 4) is 0 Å². The first-order valence-electron chi connectivity index (χ1n) is 7.37. The maximum atomic E-state index is 4.46. The summed E-state index contributed by atoms with van der Waals surface area (Å²) in [5.74, 6) is 0. The summed E-state index contributed by atoms with van der Waals surface area (Å²) in [7, 11) is 0. The molecule has 0 aliphatic rings. The van der Waals surface area contributed by atoms with Crippen LogP contribution in [0, 0.1) is 0 Å². The lowest BCUT2D eigenvalue weighted by Crippen LogP contribution is -2.26. The summed E-state index contributed by atoms with van der Waals surface area (Å²) in [4.78, 5) is 0. The van der Waals surface area contributed by atoms with E-state index in [1.165, 1.54) is 11.3 Å². The number of rotatable bonds is 7. The van der Waals surface area contributed by atoms with Gasteiger partial charge in [0, 0.05) is 21.7 Å². The molecular weight excluding hydrogens is 394 g/mol. The second-order valence-corrected chi connectivity index (χ2v) is 6.80. The molecule has 1 heterocycles. The lowest BCUT2D eigenvalue weighted by molar-refractivity contribution is 0.510. The second-order valence-electron chi connectivity index (χ2n) is 5.03. The maximum Gasteiger partial charge on any atom is 0.0759 e. The summed E-state index contributed by atoms with van der Waals surface area (Å²) in [5.41, 5.74) is 2.46. The van der Waals surface area contributed by atoms with E-state index in [0.717, 1.165) is 34.9 Å². The van der Waals surface area contributed by atoms with Gasteiger partial charge >= 0.3 is 0 Å². The molecular formula is C16H21Br2N3. The highest BCUT2D eigenvalue weighted by Gasteiger charge is 2.20. The van der Waals surface area contributed by atoms with Gasteiger partial charge in [-0.3, -0.25) is 4.68 Å². The second kappa shape index (κ2) is 8.11. The number of aryl methyl sites for hydroxylation is 1. The number of halogens is 2. The lowest BCUT2D eigenvalue weighted by Gasteiger charge is -2.22. The van der Waals surface area contributed by atoms with Gasteiger partial charge in [0.2, 0.25) is 0 Å². The van der Waals surface area contributed by atoms with Crippen molar-refractivity contribution in [1.29, 1.82) is 0 Å². The van der Waals surface area contributed by atoms with Gasteiger partial charge in [0.05, 0.1) is 11.7 Å². The first-order valence-corrected chi connectivity index (χ1v) is 8.96. The molecule has 114 valence electrons. The van der Waals surface area contributed by atoms with Crippen LogP contribution in [-0.2, 0) is 6.54 Å². The highest BCUT2D eigenvalue weighted by molar-refractivity contribution is 9.11. The predicted octanol–water partition coefficient (Wildman–Crippen LogP) is 4.91. The number of aromatic nitrogens is 2. The third-order valence-corrected chi connectivity index (χ3v) is 4.53. The van der Waals surface area contributed by atoms with Gasteiger partial charge in [-0.05, 0) is 43.1 Å². The van der Waals surface area contributed by atoms with E-state index < -0.39 is 0 Å². The van der Waals surface area contributed by atoms with Crippen molar-refractivity contribution < 1.29 is 0 Å². The summed E-state index contributed by atoms with van der Waals surface area (Å²) >= 11 is 7.21. The molecule has 0 spiro atoms. The molecule has 0 aliphatic heterocycles. The average Bonchev–Trinajstić information content (AvgIpc) is 2.90. The minimum absolute atomic E-state index is 0.154. The fourth-order valence-corrected chi connectivity index (χ4v) is 3.66. The third kappa shape index (κ3) is 4.18. The van der Waals surface area contributed by atoms with Crippen LogP contribution < -0.4 is 5.32 Å². The Morgan fingerprint density at radius 1 is 1.19 bits per heavy atom. The number of hydrogen-bond donors (Lipinski definition) is 1. The standard InChI is InChI=1S/C16H21Br2N3/c1-3-8-19-16(13-6-5-12(17)11-14(13)18)15-7-9-20-21(15)10-4-2/h5-7,9,11,16,19H,3-4,8,10H2,1-2H3. The Bertz CT molecular complexity index is 581. The van der Waals surface area contributed by atoms with Crippen LogP contribution in [0.2, 0.25) is 0 Å². The van der Waals surface area contributed by atoms with Crippen LogP contribution in [-0.4, -0.2) is 16.3 Å². The highest BCUT2D eigenvalue weighted by atomic mass is 79.9. The fourth-order valence-electron chi connectivity index (χ4n) is 2.38. The molecule has 0 saturated carbocycles. The van der Waals surface area contributed by atoms with E-state index in [4.69, 9.17) is 0 Å². The minimum Gasteiger partial charge on any atom is -0.305 e. The first kappa shape index (κ1) is 16.7. The van der Waals surface area contributed by atoms with Crippen LogP contribution in [0.4, 0.5) is 0 Å². The topological polar surface area (TPSA) is 29.9 Å². The summed E-state index contributed by atoms with van der Waals surface area (Å²) in [6.07, 6.45) is 4.07. The Morgan fingerprint density at radius 2 is 2.00 bits per heavy atom. The molecule has 0 saturated heterocycles. The molecule has 5 heteroatoms. The smallest absolute Gasteiger partial charge is 0.0759 e. The van der Waals surface area contributed by atoms with E-state index in [1.54, 1.807) is 0 Å². The molecule has 1 N–H and O–H groups in total. The largest absolute Gasteiger partial charge is 0.305 e. The zero-order valence-electron chi connectivity index (χ0n) is 12.4. The predicted molar refractivity (Wildman–Crippen MR) is 94.5 cm³/mol. The Labute approximate surface area is 143 Å². The van der Waals surface area contributed by atoms with Crippen molar-refractivity contribution >= 4 is 31.9 Å². The Hall–Kier alpha value is -0.650. The maximum absolute atomic E-state index is 4.46. The highest BCUT2D eigenvalue weighted by Crippen LogP contribution is 2.31. The molecule has 21 heavy (non-hydrogen) atoms. The summed E-state index contributed by atoms with van der Waals surface area (Å²) in [6.45, 7) is 6.28. The third-order valence-electron chi connectivity index (χ3n) is 3.35. The molecule has 0 radical (unpaired) electrons. The van der Waals surface area contributed by atoms with Gasteiger partial charge in [-0.1, -0.05) is 51.8 Å². The minimum atomic E-state index is 0.154. The average molecular weight is 415 g/mol. The number of benzene rings is 1. The van der Waals surface area contributed by atoms with Gasteiger partial charge in [-0.25, -0.2) is 0 Å². The van der Waals surface area contributed by atoms with Gasteiger partial charge < -0.3 is 5.32 Å². The van der Waals surface area contributed by atoms with E-state index in [9.17, 15) is 0 Å². The van der Waals surface area contributed by atoms with E-state index in [0.29, 0.717) is 0 Å². The first-order chi connectivity index (χ1) is 10.2. The molecule has 0 amide bonds. The van der Waals surface area contributed by atoms with Crippen LogP contribution in [0.25, 0.3) is 0 Å². The molecule has 0 bridgehead atoms. The van der Waals surface area contributed by atoms with E-state index in [1.807, 2.05) is 6.20 Å². The fraction of sp³-hybridized carbons (Fsp3) is 0.438. The van der Waals surface area contributed by atoms with Gasteiger partial charge in [-0.2, -0.15) is 5.10 Å². The van der Waals surface area contributed by atoms with Crippen molar-refractivity contribution in [1.82, 2.24) is 15.1 Å². The van der Waals surface area contributed by atoms with Gasteiger partial charge in [0.25, 0.3) is 0 Å². The van der Waals surface area contributed by atoms with Crippen LogP contribution in [0.5, 0.6) is 0 Å². The van der Waals surface area contributed by atoms with Crippen molar-refractivity contribution in [3.05, 3.63) is 50.7 Å². The lowest BCUT2D eigenvalue weighted by atomic mass is 10.0. The molecule has 0 aliphatic carbocycles. The molecule has 1 unspecified atom stereocenters. The zero-order chi connectivity index (χ0) is 15.2. The van der Waals surface area contributed by atoms with Crippen LogP contribution in [0.15, 0.2) is 39.4 Å². The number of hydrogen-bond acceptors (Lipinski definition) is 2. The van der Waals surface area contributed by atoms with Crippen molar-refractivity contribution in [2.24, 2.45) is 0 Å². The van der Waals surface area contributed by atoms with E-state index in [2.05, 4.69) is 85.1 Å². The molecule has 2 rings (SSSR count). The van der Waals surface area contributed by atoms with Crippen LogP contribution in [0.1, 0.15) is 44.0 Å². The Morgan fingerprint density at radius 3 is 2.67 bits per heavy atom. The normalized spacial score (nSPS) is 12.6. The van der Waals surface area contributed by atoms with E-state index in [-0.39, 0.29) is 6.04 Å². The molecule has 1 aromatic carbocycles. The van der Waals surface area contributed by atoms with Gasteiger partial charge in [-0.15, -0.1) is 0 Å². The number of nitrogens with one attached hydrogen (secondary N) is 1. The van der Waals surface area contributed by atoms with Gasteiger partial charge in [0.1, 0.15) is 0 Å². The SMILES string of the molecule is CCCNC(c1ccc(Br)cc1Br)c1ccnn1CCC. The van der Waals surface area contributed by atoms with Crippen molar-refractivity contribution in [2.45, 2.75) is 39.3 Å².